The summed E-state index contributed by atoms with van der Waals surface area (Å²) < 4.78 is 38.9. The van der Waals surface area contributed by atoms with Gasteiger partial charge < -0.3 is 4.98 Å². The summed E-state index contributed by atoms with van der Waals surface area (Å²) in [5.74, 6) is 0. The number of fused-ring (bicyclic) bond motifs is 3. The van der Waals surface area contributed by atoms with Gasteiger partial charge in [-0.05, 0) is 41.5 Å². The topological polar surface area (TPSA) is 15.8 Å². The van der Waals surface area contributed by atoms with E-state index in [0.717, 1.165) is 28.1 Å². The number of aromatic amines is 1. The molecule has 0 aliphatic rings. The van der Waals surface area contributed by atoms with Gasteiger partial charge in [0, 0.05) is 21.8 Å². The lowest BCUT2D eigenvalue weighted by Crippen LogP contribution is -2.03. The first-order chi connectivity index (χ1) is 11.0. The van der Waals surface area contributed by atoms with Gasteiger partial charge in [0.2, 0.25) is 0 Å². The number of hydrogen-bond acceptors (Lipinski definition) is 0. The normalized spacial score (nSPS) is 12.1. The predicted octanol–water partition coefficient (Wildman–Crippen LogP) is 6.01. The Morgan fingerprint density at radius 2 is 1.30 bits per heavy atom. The van der Waals surface area contributed by atoms with E-state index in [9.17, 15) is 13.2 Å². The first-order valence-corrected chi connectivity index (χ1v) is 7.20. The fourth-order valence-electron chi connectivity index (χ4n) is 2.88. The van der Waals surface area contributed by atoms with Crippen molar-refractivity contribution >= 4 is 21.8 Å². The number of aromatic nitrogens is 1. The van der Waals surface area contributed by atoms with Crippen molar-refractivity contribution < 1.29 is 13.2 Å². The van der Waals surface area contributed by atoms with Gasteiger partial charge in [0.05, 0.1) is 5.56 Å². The van der Waals surface area contributed by atoms with E-state index in [-0.39, 0.29) is 0 Å². The highest BCUT2D eigenvalue weighted by Crippen LogP contribution is 2.35. The van der Waals surface area contributed by atoms with E-state index in [1.54, 1.807) is 0 Å². The van der Waals surface area contributed by atoms with Gasteiger partial charge in [-0.3, -0.25) is 0 Å². The van der Waals surface area contributed by atoms with Crippen LogP contribution in [0, 0.1) is 0 Å². The van der Waals surface area contributed by atoms with Crippen LogP contribution in [0.25, 0.3) is 32.9 Å². The Hall–Kier alpha value is -2.75. The number of rotatable bonds is 1. The van der Waals surface area contributed by atoms with Gasteiger partial charge in [0.25, 0.3) is 0 Å². The van der Waals surface area contributed by atoms with Gasteiger partial charge in [-0.1, -0.05) is 36.4 Å². The van der Waals surface area contributed by atoms with E-state index >= 15 is 0 Å². The maximum atomic E-state index is 13.0. The Bertz CT molecular complexity index is 998. The van der Waals surface area contributed by atoms with Crippen LogP contribution < -0.4 is 0 Å². The van der Waals surface area contributed by atoms with Crippen LogP contribution in [0.5, 0.6) is 0 Å². The molecule has 0 saturated carbocycles. The minimum absolute atomic E-state index is 0.590. The van der Waals surface area contributed by atoms with Crippen molar-refractivity contribution in [3.8, 4) is 11.1 Å². The molecule has 4 aromatic rings. The molecule has 0 amide bonds. The van der Waals surface area contributed by atoms with Crippen LogP contribution in [0.4, 0.5) is 13.2 Å². The summed E-state index contributed by atoms with van der Waals surface area (Å²) in [6.45, 7) is 0. The van der Waals surface area contributed by atoms with Crippen molar-refractivity contribution in [2.24, 2.45) is 0 Å². The molecule has 0 saturated heterocycles. The van der Waals surface area contributed by atoms with E-state index in [1.807, 2.05) is 48.5 Å². The van der Waals surface area contributed by atoms with Crippen molar-refractivity contribution in [1.82, 2.24) is 4.98 Å². The van der Waals surface area contributed by atoms with Crippen LogP contribution in [0.3, 0.4) is 0 Å². The molecule has 0 unspecified atom stereocenters. The number of nitrogens with one attached hydrogen (secondary N) is 1. The van der Waals surface area contributed by atoms with Gasteiger partial charge in [-0.15, -0.1) is 0 Å². The van der Waals surface area contributed by atoms with Gasteiger partial charge in [0.15, 0.2) is 0 Å². The fraction of sp³-hybridized carbons (Fsp3) is 0.0526. The third-order valence-electron chi connectivity index (χ3n) is 4.03. The summed E-state index contributed by atoms with van der Waals surface area (Å²) in [6, 6.07) is 19.4. The second-order valence-electron chi connectivity index (χ2n) is 5.51. The van der Waals surface area contributed by atoms with Crippen molar-refractivity contribution in [2.45, 2.75) is 6.18 Å². The van der Waals surface area contributed by atoms with Crippen molar-refractivity contribution in [3.63, 3.8) is 0 Å². The number of halogens is 3. The van der Waals surface area contributed by atoms with Crippen molar-refractivity contribution in [2.75, 3.05) is 0 Å². The zero-order chi connectivity index (χ0) is 16.0. The van der Waals surface area contributed by atoms with Gasteiger partial charge >= 0.3 is 6.18 Å². The Morgan fingerprint density at radius 3 is 2.00 bits per heavy atom. The molecule has 1 heterocycles. The molecule has 3 aromatic carbocycles. The smallest absolute Gasteiger partial charge is 0.355 e. The highest BCUT2D eigenvalue weighted by molar-refractivity contribution is 6.08. The summed E-state index contributed by atoms with van der Waals surface area (Å²) in [5, 5.41) is 1.39. The largest absolute Gasteiger partial charge is 0.416 e. The maximum Gasteiger partial charge on any atom is 0.416 e. The van der Waals surface area contributed by atoms with Gasteiger partial charge in [-0.2, -0.15) is 13.2 Å². The number of alkyl halides is 3. The second kappa shape index (κ2) is 4.88. The molecule has 0 aliphatic carbocycles. The lowest BCUT2D eigenvalue weighted by Gasteiger charge is -2.06. The standard InChI is InChI=1S/C19H12F3N/c20-19(21,22)14-7-9-18-16(11-14)15-10-13(6-8-17(15)23-18)12-4-2-1-3-5-12/h1-11,23H. The average molecular weight is 311 g/mol. The molecule has 0 atom stereocenters. The Labute approximate surface area is 130 Å². The SMILES string of the molecule is FC(F)(F)c1ccc2[nH]c3ccc(-c4ccccc4)cc3c2c1. The molecule has 0 spiro atoms. The van der Waals surface area contributed by atoms with E-state index < -0.39 is 11.7 Å². The summed E-state index contributed by atoms with van der Waals surface area (Å²) in [4.78, 5) is 3.17. The Balaban J connectivity index is 1.97. The molecular formula is C19H12F3N. The zero-order valence-corrected chi connectivity index (χ0v) is 12.0. The van der Waals surface area contributed by atoms with Crippen LogP contribution in [0.2, 0.25) is 0 Å². The molecule has 23 heavy (non-hydrogen) atoms. The highest BCUT2D eigenvalue weighted by atomic mass is 19.4. The van der Waals surface area contributed by atoms with Crippen LogP contribution in [-0.4, -0.2) is 4.98 Å². The van der Waals surface area contributed by atoms with Crippen LogP contribution in [0.1, 0.15) is 5.56 Å². The summed E-state index contributed by atoms with van der Waals surface area (Å²) in [5.41, 5.74) is 2.93. The second-order valence-corrected chi connectivity index (χ2v) is 5.51. The van der Waals surface area contributed by atoms with Crippen molar-refractivity contribution in [1.29, 1.82) is 0 Å². The molecule has 1 aromatic heterocycles. The molecule has 4 rings (SSSR count). The van der Waals surface area contributed by atoms with E-state index in [1.165, 1.54) is 12.1 Å². The third-order valence-corrected chi connectivity index (χ3v) is 4.03. The van der Waals surface area contributed by atoms with Crippen molar-refractivity contribution in [3.05, 3.63) is 72.3 Å². The van der Waals surface area contributed by atoms with E-state index in [2.05, 4.69) is 4.98 Å². The molecule has 4 heteroatoms. The lowest BCUT2D eigenvalue weighted by molar-refractivity contribution is -0.137. The monoisotopic (exact) mass is 311 g/mol. The fourth-order valence-corrected chi connectivity index (χ4v) is 2.88. The maximum absolute atomic E-state index is 13.0. The number of benzene rings is 3. The molecular weight excluding hydrogens is 299 g/mol. The van der Waals surface area contributed by atoms with Crippen LogP contribution in [0.15, 0.2) is 66.7 Å². The highest BCUT2D eigenvalue weighted by Gasteiger charge is 2.30. The minimum Gasteiger partial charge on any atom is -0.355 e. The first-order valence-electron chi connectivity index (χ1n) is 7.20. The van der Waals surface area contributed by atoms with Gasteiger partial charge in [0.1, 0.15) is 0 Å². The Kier molecular flexibility index (Phi) is 2.94. The predicted molar refractivity (Wildman–Crippen MR) is 86.2 cm³/mol. The van der Waals surface area contributed by atoms with Crippen LogP contribution >= 0.6 is 0 Å². The molecule has 0 radical (unpaired) electrons. The van der Waals surface area contributed by atoms with Crippen LogP contribution in [-0.2, 0) is 6.18 Å². The summed E-state index contributed by atoms with van der Waals surface area (Å²) in [6.07, 6.45) is -4.34. The van der Waals surface area contributed by atoms with E-state index in [4.69, 9.17) is 0 Å². The molecule has 1 N–H and O–H groups in total. The lowest BCUT2D eigenvalue weighted by atomic mass is 10.0. The zero-order valence-electron chi connectivity index (χ0n) is 12.0. The quantitative estimate of drug-likeness (QED) is 0.443. The average Bonchev–Trinajstić information content (AvgIpc) is 2.92. The molecule has 0 aliphatic heterocycles. The summed E-state index contributed by atoms with van der Waals surface area (Å²) >= 11 is 0. The minimum atomic E-state index is -4.34. The summed E-state index contributed by atoms with van der Waals surface area (Å²) in [7, 11) is 0. The first kappa shape index (κ1) is 13.9. The van der Waals surface area contributed by atoms with Gasteiger partial charge in [-0.25, -0.2) is 0 Å². The third kappa shape index (κ3) is 2.36. The molecule has 0 fully saturated rings. The molecule has 1 nitrogen and oxygen atoms in total. The van der Waals surface area contributed by atoms with E-state index in [0.29, 0.717) is 10.9 Å². The molecule has 114 valence electrons. The Morgan fingerprint density at radius 1 is 0.652 bits per heavy atom. The number of H-pyrrole nitrogens is 1. The molecule has 0 bridgehead atoms. The number of hydrogen-bond donors (Lipinski definition) is 1.